The molecule has 0 aliphatic heterocycles. The summed E-state index contributed by atoms with van der Waals surface area (Å²) in [5.74, 6) is -2.38. The molecule has 0 bridgehead atoms. The van der Waals surface area contributed by atoms with Crippen molar-refractivity contribution < 1.29 is 24.3 Å². The van der Waals surface area contributed by atoms with Gasteiger partial charge in [0, 0.05) is 0 Å². The van der Waals surface area contributed by atoms with Crippen molar-refractivity contribution in [2.45, 2.75) is 58.7 Å². The van der Waals surface area contributed by atoms with E-state index in [9.17, 15) is 19.2 Å². The fraction of sp³-hybridized carbons (Fsp3) is 0.778. The molecule has 0 saturated carbocycles. The summed E-state index contributed by atoms with van der Waals surface area (Å²) in [6, 6.07) is -2.47. The Bertz CT molecular complexity index is 544. The van der Waals surface area contributed by atoms with Crippen molar-refractivity contribution in [2.75, 3.05) is 18.6 Å². The van der Waals surface area contributed by atoms with Gasteiger partial charge in [0.25, 0.3) is 0 Å². The molecular weight excluding hydrogens is 384 g/mol. The molecule has 0 rings (SSSR count). The fourth-order valence-corrected chi connectivity index (χ4v) is 2.88. The minimum atomic E-state index is -1.17. The van der Waals surface area contributed by atoms with Crippen LogP contribution in [0.5, 0.6) is 0 Å². The number of aliphatic carboxylic acids is 1. The van der Waals surface area contributed by atoms with E-state index in [1.165, 1.54) is 0 Å². The molecule has 0 aliphatic carbocycles. The minimum absolute atomic E-state index is 0.174. The maximum Gasteiger partial charge on any atom is 0.322 e. The lowest BCUT2D eigenvalue weighted by atomic mass is 9.96. The number of thioether (sulfide) groups is 1. The van der Waals surface area contributed by atoms with Gasteiger partial charge in [0.05, 0.1) is 6.04 Å². The predicted octanol–water partition coefficient (Wildman–Crippen LogP) is -0.0607. The quantitative estimate of drug-likeness (QED) is 0.281. The van der Waals surface area contributed by atoms with Gasteiger partial charge >= 0.3 is 5.97 Å². The van der Waals surface area contributed by atoms with Gasteiger partial charge in [-0.2, -0.15) is 11.8 Å². The monoisotopic (exact) mass is 418 g/mol. The van der Waals surface area contributed by atoms with E-state index in [1.807, 2.05) is 20.1 Å². The normalized spacial score (nSPS) is 15.2. The third kappa shape index (κ3) is 9.41. The molecule has 0 aromatic carbocycles. The van der Waals surface area contributed by atoms with Crippen LogP contribution in [0.15, 0.2) is 0 Å². The summed E-state index contributed by atoms with van der Waals surface area (Å²) in [4.78, 5) is 48.0. The standard InChI is InChI=1S/C18H34N4O5S/c1-6-11(4)15(22-16(25)12(19)7-8-28-5)18(27)21-14(10(2)3)17(26)20-9-13(23)24/h10-12,14-15H,6-9,19H2,1-5H3,(H,20,26)(H,21,27)(H,22,25)(H,23,24). The third-order valence-corrected chi connectivity index (χ3v) is 5.07. The van der Waals surface area contributed by atoms with Gasteiger partial charge in [-0.05, 0) is 30.3 Å². The summed E-state index contributed by atoms with van der Waals surface area (Å²) in [7, 11) is 0. The van der Waals surface area contributed by atoms with Gasteiger partial charge in [-0.1, -0.05) is 34.1 Å². The van der Waals surface area contributed by atoms with Crippen LogP contribution in [0.2, 0.25) is 0 Å². The van der Waals surface area contributed by atoms with Crippen molar-refractivity contribution in [3.05, 3.63) is 0 Å². The number of carboxylic acids is 1. The van der Waals surface area contributed by atoms with Crippen molar-refractivity contribution in [1.29, 1.82) is 0 Å². The molecule has 0 aromatic rings. The van der Waals surface area contributed by atoms with Crippen molar-refractivity contribution in [3.63, 3.8) is 0 Å². The van der Waals surface area contributed by atoms with E-state index in [2.05, 4.69) is 16.0 Å². The van der Waals surface area contributed by atoms with E-state index >= 15 is 0 Å². The van der Waals surface area contributed by atoms with E-state index in [0.717, 1.165) is 5.75 Å². The molecule has 4 atom stereocenters. The Hall–Kier alpha value is -1.81. The van der Waals surface area contributed by atoms with Gasteiger partial charge in [-0.15, -0.1) is 0 Å². The Balaban J connectivity index is 5.18. The highest BCUT2D eigenvalue weighted by Gasteiger charge is 2.32. The van der Waals surface area contributed by atoms with Crippen LogP contribution in [0.1, 0.15) is 40.5 Å². The van der Waals surface area contributed by atoms with E-state index in [0.29, 0.717) is 12.8 Å². The van der Waals surface area contributed by atoms with Crippen LogP contribution in [0, 0.1) is 11.8 Å². The highest BCUT2D eigenvalue weighted by Crippen LogP contribution is 2.11. The Labute approximate surface area is 170 Å². The summed E-state index contributed by atoms with van der Waals surface area (Å²) in [6.45, 7) is 6.66. The topological polar surface area (TPSA) is 151 Å². The maximum absolute atomic E-state index is 12.8. The average Bonchev–Trinajstić information content (AvgIpc) is 2.64. The largest absolute Gasteiger partial charge is 0.480 e. The molecule has 0 fully saturated rings. The highest BCUT2D eigenvalue weighted by molar-refractivity contribution is 7.98. The molecule has 9 nitrogen and oxygen atoms in total. The van der Waals surface area contributed by atoms with Crippen LogP contribution in [0.25, 0.3) is 0 Å². The molecule has 0 aliphatic rings. The molecule has 0 radical (unpaired) electrons. The van der Waals surface area contributed by atoms with Crippen LogP contribution in [0.4, 0.5) is 0 Å². The Morgan fingerprint density at radius 3 is 2.04 bits per heavy atom. The molecule has 28 heavy (non-hydrogen) atoms. The van der Waals surface area contributed by atoms with Crippen molar-refractivity contribution in [1.82, 2.24) is 16.0 Å². The Kier molecular flexibility index (Phi) is 12.5. The van der Waals surface area contributed by atoms with Crippen LogP contribution < -0.4 is 21.7 Å². The number of hydrogen-bond acceptors (Lipinski definition) is 6. The number of rotatable bonds is 13. The first-order valence-corrected chi connectivity index (χ1v) is 10.8. The van der Waals surface area contributed by atoms with Crippen molar-refractivity contribution in [3.8, 4) is 0 Å². The van der Waals surface area contributed by atoms with Crippen molar-refractivity contribution >= 4 is 35.5 Å². The third-order valence-electron chi connectivity index (χ3n) is 4.42. The SMILES string of the molecule is CCC(C)C(NC(=O)C(N)CCSC)C(=O)NC(C(=O)NCC(=O)O)C(C)C. The van der Waals surface area contributed by atoms with Gasteiger partial charge in [-0.25, -0.2) is 0 Å². The number of hydrogen-bond donors (Lipinski definition) is 5. The molecule has 0 spiro atoms. The summed E-state index contributed by atoms with van der Waals surface area (Å²) in [5.41, 5.74) is 5.88. The summed E-state index contributed by atoms with van der Waals surface area (Å²) in [6.07, 6.45) is 3.05. The van der Waals surface area contributed by atoms with E-state index in [1.54, 1.807) is 25.6 Å². The molecule has 3 amide bonds. The van der Waals surface area contributed by atoms with E-state index in [4.69, 9.17) is 10.8 Å². The lowest BCUT2D eigenvalue weighted by Crippen LogP contribution is -2.59. The summed E-state index contributed by atoms with van der Waals surface area (Å²) in [5, 5.41) is 16.3. The molecule has 10 heteroatoms. The minimum Gasteiger partial charge on any atom is -0.480 e. The lowest BCUT2D eigenvalue weighted by molar-refractivity contribution is -0.139. The first-order valence-electron chi connectivity index (χ1n) is 9.39. The van der Waals surface area contributed by atoms with Crippen LogP contribution in [-0.4, -0.2) is 65.5 Å². The second-order valence-electron chi connectivity index (χ2n) is 7.10. The van der Waals surface area contributed by atoms with Gasteiger partial charge < -0.3 is 26.8 Å². The smallest absolute Gasteiger partial charge is 0.322 e. The zero-order valence-electron chi connectivity index (χ0n) is 17.3. The second kappa shape index (κ2) is 13.4. The Morgan fingerprint density at radius 1 is 1.00 bits per heavy atom. The lowest BCUT2D eigenvalue weighted by Gasteiger charge is -2.28. The first-order chi connectivity index (χ1) is 13.0. The molecule has 0 heterocycles. The number of carboxylic acid groups (broad SMARTS) is 1. The Morgan fingerprint density at radius 2 is 1.57 bits per heavy atom. The number of nitrogens with one attached hydrogen (secondary N) is 3. The number of nitrogens with two attached hydrogens (primary N) is 1. The number of carbonyl (C=O) groups is 4. The first kappa shape index (κ1) is 26.2. The van der Waals surface area contributed by atoms with Crippen LogP contribution in [-0.2, 0) is 19.2 Å². The fourth-order valence-electron chi connectivity index (χ4n) is 2.39. The predicted molar refractivity (Wildman–Crippen MR) is 110 cm³/mol. The molecule has 6 N–H and O–H groups in total. The highest BCUT2D eigenvalue weighted by atomic mass is 32.2. The van der Waals surface area contributed by atoms with E-state index < -0.39 is 48.4 Å². The van der Waals surface area contributed by atoms with Crippen LogP contribution in [0.3, 0.4) is 0 Å². The van der Waals surface area contributed by atoms with Crippen molar-refractivity contribution in [2.24, 2.45) is 17.6 Å². The molecule has 162 valence electrons. The van der Waals surface area contributed by atoms with E-state index in [-0.39, 0.29) is 11.8 Å². The van der Waals surface area contributed by atoms with Gasteiger partial charge in [0.1, 0.15) is 18.6 Å². The zero-order chi connectivity index (χ0) is 21.9. The van der Waals surface area contributed by atoms with Crippen LogP contribution >= 0.6 is 11.8 Å². The zero-order valence-corrected chi connectivity index (χ0v) is 18.1. The number of carbonyl (C=O) groups excluding carboxylic acids is 3. The average molecular weight is 419 g/mol. The summed E-state index contributed by atoms with van der Waals surface area (Å²) >= 11 is 1.58. The van der Waals surface area contributed by atoms with Gasteiger partial charge in [0.2, 0.25) is 17.7 Å². The molecule has 0 aromatic heterocycles. The summed E-state index contributed by atoms with van der Waals surface area (Å²) < 4.78 is 0. The van der Waals surface area contributed by atoms with Gasteiger partial charge in [-0.3, -0.25) is 19.2 Å². The van der Waals surface area contributed by atoms with Gasteiger partial charge in [0.15, 0.2) is 0 Å². The maximum atomic E-state index is 12.8. The number of amides is 3. The molecular formula is C18H34N4O5S. The second-order valence-corrected chi connectivity index (χ2v) is 8.09. The molecule has 0 saturated heterocycles. The molecule has 4 unspecified atom stereocenters.